The van der Waals surface area contributed by atoms with Crippen LogP contribution in [0.3, 0.4) is 0 Å². The number of rotatable bonds is 7. The topological polar surface area (TPSA) is 116 Å². The molecule has 2 aromatic carbocycles. The van der Waals surface area contributed by atoms with Gasteiger partial charge in [-0.1, -0.05) is 18.2 Å². The van der Waals surface area contributed by atoms with Gasteiger partial charge in [0.15, 0.2) is 0 Å². The van der Waals surface area contributed by atoms with Crippen LogP contribution in [0.2, 0.25) is 0 Å². The number of carbonyl (C=O) groups is 2. The number of pyridine rings is 1. The van der Waals surface area contributed by atoms with Gasteiger partial charge in [0.25, 0.3) is 11.8 Å². The molecule has 2 aliphatic rings. The number of nitrogens with zero attached hydrogens (tertiary/aromatic N) is 3. The molecular formula is C28H33N7O2. The maximum Gasteiger partial charge on any atom is 0.252 e. The number of carbonyl (C=O) groups excluding carboxylic acids is 2. The van der Waals surface area contributed by atoms with E-state index in [9.17, 15) is 9.59 Å². The highest BCUT2D eigenvalue weighted by molar-refractivity contribution is 5.98. The van der Waals surface area contributed by atoms with Gasteiger partial charge in [0.2, 0.25) is 0 Å². The number of hydrogen-bond acceptors (Lipinski definition) is 7. The van der Waals surface area contributed by atoms with Gasteiger partial charge in [0, 0.05) is 62.2 Å². The third-order valence-corrected chi connectivity index (χ3v) is 6.87. The Bertz CT molecular complexity index is 1230. The van der Waals surface area contributed by atoms with E-state index in [0.29, 0.717) is 23.5 Å². The van der Waals surface area contributed by atoms with Crippen molar-refractivity contribution in [2.24, 2.45) is 5.73 Å². The van der Waals surface area contributed by atoms with E-state index in [2.05, 4.69) is 37.9 Å². The molecular weight excluding hydrogens is 466 g/mol. The standard InChI is InChI=1S/C28H33N7O2/c29-26(36)24-12-13-25(35-16-4-7-22(19-35)32-28(37)20-5-2-1-3-6-20)33-27(24)31-21-8-10-23(11-9-21)34-17-14-30-15-18-34/h1-3,5-6,8-13,22,30H,4,7,14-19H2,(H2,29,36)(H,31,33)(H,32,37)/t22-/m1/s1. The zero-order valence-electron chi connectivity index (χ0n) is 20.8. The maximum absolute atomic E-state index is 12.6. The molecule has 2 saturated heterocycles. The van der Waals surface area contributed by atoms with Gasteiger partial charge in [0.1, 0.15) is 11.6 Å². The quantitative estimate of drug-likeness (QED) is 0.395. The Morgan fingerprint density at radius 2 is 1.68 bits per heavy atom. The summed E-state index contributed by atoms with van der Waals surface area (Å²) in [6, 6.07) is 20.9. The third-order valence-electron chi connectivity index (χ3n) is 6.87. The second-order valence-corrected chi connectivity index (χ2v) is 9.46. The van der Waals surface area contributed by atoms with E-state index in [1.54, 1.807) is 6.07 Å². The molecule has 0 bridgehead atoms. The van der Waals surface area contributed by atoms with Crippen molar-refractivity contribution in [3.8, 4) is 0 Å². The fourth-order valence-corrected chi connectivity index (χ4v) is 4.90. The fraction of sp³-hybridized carbons (Fsp3) is 0.321. The molecule has 5 N–H and O–H groups in total. The number of primary amides is 1. The maximum atomic E-state index is 12.6. The second-order valence-electron chi connectivity index (χ2n) is 9.46. The van der Waals surface area contributed by atoms with Crippen molar-refractivity contribution < 1.29 is 9.59 Å². The van der Waals surface area contributed by atoms with Crippen LogP contribution < -0.4 is 31.5 Å². The van der Waals surface area contributed by atoms with Crippen molar-refractivity contribution >= 4 is 34.8 Å². The Hall–Kier alpha value is -4.11. The van der Waals surface area contributed by atoms with Crippen LogP contribution in [0.5, 0.6) is 0 Å². The minimum atomic E-state index is -0.536. The molecule has 2 amide bonds. The van der Waals surface area contributed by atoms with Crippen LogP contribution in [0.15, 0.2) is 66.7 Å². The number of piperazine rings is 1. The monoisotopic (exact) mass is 499 g/mol. The molecule has 1 aromatic heterocycles. The predicted molar refractivity (Wildman–Crippen MR) is 147 cm³/mol. The van der Waals surface area contributed by atoms with E-state index in [0.717, 1.165) is 57.1 Å². The SMILES string of the molecule is NC(=O)c1ccc(N2CCC[C@@H](NC(=O)c3ccccc3)C2)nc1Nc1ccc(N2CCNCC2)cc1. The fourth-order valence-electron chi connectivity index (χ4n) is 4.90. The molecule has 2 aliphatic heterocycles. The van der Waals surface area contributed by atoms with Crippen molar-refractivity contribution in [3.05, 3.63) is 77.9 Å². The number of aromatic nitrogens is 1. The number of benzene rings is 2. The average Bonchev–Trinajstić information content (AvgIpc) is 2.94. The zero-order valence-corrected chi connectivity index (χ0v) is 20.8. The molecule has 0 unspecified atom stereocenters. The van der Waals surface area contributed by atoms with Gasteiger partial charge in [-0.25, -0.2) is 4.98 Å². The highest BCUT2D eigenvalue weighted by Crippen LogP contribution is 2.26. The summed E-state index contributed by atoms with van der Waals surface area (Å²) in [6.07, 6.45) is 1.83. The van der Waals surface area contributed by atoms with Gasteiger partial charge in [-0.05, 0) is 61.4 Å². The summed E-state index contributed by atoms with van der Waals surface area (Å²) >= 11 is 0. The van der Waals surface area contributed by atoms with E-state index >= 15 is 0 Å². The van der Waals surface area contributed by atoms with Crippen LogP contribution in [0.1, 0.15) is 33.6 Å². The Kier molecular flexibility index (Phi) is 7.51. The lowest BCUT2D eigenvalue weighted by Crippen LogP contribution is -2.48. The number of piperidine rings is 1. The molecule has 192 valence electrons. The summed E-state index contributed by atoms with van der Waals surface area (Å²) in [6.45, 7) is 5.37. The highest BCUT2D eigenvalue weighted by Gasteiger charge is 2.24. The summed E-state index contributed by atoms with van der Waals surface area (Å²) in [5.74, 6) is 0.556. The van der Waals surface area contributed by atoms with Gasteiger partial charge in [0.05, 0.1) is 5.56 Å². The third kappa shape index (κ3) is 6.00. The van der Waals surface area contributed by atoms with Crippen LogP contribution in [0.4, 0.5) is 23.0 Å². The molecule has 3 aromatic rings. The van der Waals surface area contributed by atoms with Crippen molar-refractivity contribution in [1.29, 1.82) is 0 Å². The lowest BCUT2D eigenvalue weighted by atomic mass is 10.0. The lowest BCUT2D eigenvalue weighted by molar-refractivity contribution is 0.0932. The van der Waals surface area contributed by atoms with Crippen molar-refractivity contribution in [2.75, 3.05) is 54.4 Å². The summed E-state index contributed by atoms with van der Waals surface area (Å²) < 4.78 is 0. The minimum Gasteiger partial charge on any atom is -0.369 e. The molecule has 0 aliphatic carbocycles. The van der Waals surface area contributed by atoms with Gasteiger partial charge < -0.3 is 31.5 Å². The van der Waals surface area contributed by atoms with E-state index in [1.807, 2.05) is 48.5 Å². The molecule has 5 rings (SSSR count). The van der Waals surface area contributed by atoms with E-state index in [4.69, 9.17) is 10.7 Å². The molecule has 9 heteroatoms. The normalized spacial score (nSPS) is 17.8. The van der Waals surface area contributed by atoms with Gasteiger partial charge >= 0.3 is 0 Å². The van der Waals surface area contributed by atoms with Crippen LogP contribution in [0.25, 0.3) is 0 Å². The minimum absolute atomic E-state index is 0.00742. The van der Waals surface area contributed by atoms with Crippen LogP contribution in [-0.2, 0) is 0 Å². The van der Waals surface area contributed by atoms with Crippen molar-refractivity contribution in [1.82, 2.24) is 15.6 Å². The van der Waals surface area contributed by atoms with E-state index in [1.165, 1.54) is 5.69 Å². The number of hydrogen-bond donors (Lipinski definition) is 4. The largest absolute Gasteiger partial charge is 0.369 e. The second kappa shape index (κ2) is 11.3. The summed E-state index contributed by atoms with van der Waals surface area (Å²) in [4.78, 5) is 34.0. The number of amides is 2. The van der Waals surface area contributed by atoms with Gasteiger partial charge in [-0.15, -0.1) is 0 Å². The summed E-state index contributed by atoms with van der Waals surface area (Å²) in [7, 11) is 0. The first-order valence-electron chi connectivity index (χ1n) is 12.8. The van der Waals surface area contributed by atoms with Gasteiger partial charge in [-0.3, -0.25) is 9.59 Å². The number of nitrogens with two attached hydrogens (primary N) is 1. The van der Waals surface area contributed by atoms with Crippen molar-refractivity contribution in [2.45, 2.75) is 18.9 Å². The first kappa shape index (κ1) is 24.6. The van der Waals surface area contributed by atoms with Crippen LogP contribution >= 0.6 is 0 Å². The van der Waals surface area contributed by atoms with E-state index in [-0.39, 0.29) is 11.9 Å². The smallest absolute Gasteiger partial charge is 0.252 e. The number of nitrogens with one attached hydrogen (secondary N) is 3. The molecule has 2 fully saturated rings. The number of anilines is 4. The first-order valence-corrected chi connectivity index (χ1v) is 12.8. The molecule has 0 radical (unpaired) electrons. The zero-order chi connectivity index (χ0) is 25.6. The molecule has 0 spiro atoms. The van der Waals surface area contributed by atoms with E-state index < -0.39 is 5.91 Å². The Balaban J connectivity index is 1.29. The molecule has 0 saturated carbocycles. The summed E-state index contributed by atoms with van der Waals surface area (Å²) in [5.41, 5.74) is 8.64. The average molecular weight is 500 g/mol. The summed E-state index contributed by atoms with van der Waals surface area (Å²) in [5, 5.41) is 9.80. The predicted octanol–water partition coefficient (Wildman–Crippen LogP) is 2.73. The Morgan fingerprint density at radius 3 is 2.41 bits per heavy atom. The van der Waals surface area contributed by atoms with Crippen molar-refractivity contribution in [3.63, 3.8) is 0 Å². The molecule has 1 atom stereocenters. The van der Waals surface area contributed by atoms with Crippen LogP contribution in [-0.4, -0.2) is 62.1 Å². The Morgan fingerprint density at radius 1 is 0.919 bits per heavy atom. The highest BCUT2D eigenvalue weighted by atomic mass is 16.2. The lowest BCUT2D eigenvalue weighted by Gasteiger charge is -2.34. The van der Waals surface area contributed by atoms with Gasteiger partial charge in [-0.2, -0.15) is 0 Å². The van der Waals surface area contributed by atoms with Crippen LogP contribution in [0, 0.1) is 0 Å². The first-order chi connectivity index (χ1) is 18.1. The molecule has 9 nitrogen and oxygen atoms in total. The Labute approximate surface area is 217 Å². The molecule has 37 heavy (non-hydrogen) atoms. The molecule has 3 heterocycles.